The van der Waals surface area contributed by atoms with Gasteiger partial charge in [0.1, 0.15) is 17.5 Å². The zero-order valence-corrected chi connectivity index (χ0v) is 11.0. The molecule has 0 aliphatic heterocycles. The van der Waals surface area contributed by atoms with E-state index in [0.717, 1.165) is 17.9 Å². The predicted molar refractivity (Wildman–Crippen MR) is 68.6 cm³/mol. The van der Waals surface area contributed by atoms with Gasteiger partial charge in [0.2, 0.25) is 0 Å². The normalized spacial score (nSPS) is 12.5. The molecule has 1 unspecified atom stereocenters. The number of hydrogen-bond donors (Lipinski definition) is 2. The number of nitrogens with one attached hydrogen (secondary N) is 1. The Morgan fingerprint density at radius 1 is 1.53 bits per heavy atom. The van der Waals surface area contributed by atoms with Crippen LogP contribution in [0, 0.1) is 24.2 Å². The minimum Gasteiger partial charge on any atom is -0.365 e. The van der Waals surface area contributed by atoms with Crippen molar-refractivity contribution in [3.63, 3.8) is 0 Å². The molecule has 1 atom stereocenters. The van der Waals surface area contributed by atoms with Gasteiger partial charge < -0.3 is 11.1 Å². The molecule has 0 saturated heterocycles. The predicted octanol–water partition coefficient (Wildman–Crippen LogP) is 1.39. The van der Waals surface area contributed by atoms with Gasteiger partial charge in [-0.05, 0) is 19.3 Å². The highest BCUT2D eigenvalue weighted by atomic mass is 15.3. The summed E-state index contributed by atoms with van der Waals surface area (Å²) in [4.78, 5) is 0. The Balaban J connectivity index is 2.90. The third-order valence-electron chi connectivity index (χ3n) is 2.72. The minimum absolute atomic E-state index is 0.178. The van der Waals surface area contributed by atoms with Crippen molar-refractivity contribution in [3.8, 4) is 6.07 Å². The molecule has 5 nitrogen and oxygen atoms in total. The van der Waals surface area contributed by atoms with E-state index in [1.165, 1.54) is 0 Å². The van der Waals surface area contributed by atoms with Crippen LogP contribution in [0.1, 0.15) is 31.5 Å². The van der Waals surface area contributed by atoms with E-state index in [0.29, 0.717) is 18.0 Å². The van der Waals surface area contributed by atoms with Crippen molar-refractivity contribution in [2.75, 3.05) is 11.9 Å². The SMILES string of the molecule is Cc1nn(C)c(NC(CN)CC(C)C)c1C#N. The smallest absolute Gasteiger partial charge is 0.142 e. The average Bonchev–Trinajstić information content (AvgIpc) is 2.51. The second-order valence-corrected chi connectivity index (χ2v) is 4.75. The summed E-state index contributed by atoms with van der Waals surface area (Å²) < 4.78 is 1.71. The van der Waals surface area contributed by atoms with Gasteiger partial charge in [-0.15, -0.1) is 0 Å². The van der Waals surface area contributed by atoms with E-state index in [4.69, 9.17) is 11.0 Å². The fraction of sp³-hybridized carbons (Fsp3) is 0.667. The molecule has 1 aromatic rings. The van der Waals surface area contributed by atoms with Crippen molar-refractivity contribution in [3.05, 3.63) is 11.3 Å². The summed E-state index contributed by atoms with van der Waals surface area (Å²) in [5, 5.41) is 16.7. The molecular formula is C12H21N5. The molecule has 0 aliphatic rings. The molecule has 0 radical (unpaired) electrons. The largest absolute Gasteiger partial charge is 0.365 e. The number of rotatable bonds is 5. The second-order valence-electron chi connectivity index (χ2n) is 4.75. The van der Waals surface area contributed by atoms with Gasteiger partial charge in [0.05, 0.1) is 5.69 Å². The first kappa shape index (κ1) is 13.5. The first-order chi connectivity index (χ1) is 7.99. The molecular weight excluding hydrogens is 214 g/mol. The Labute approximate surface area is 103 Å². The van der Waals surface area contributed by atoms with Crippen LogP contribution in [0.4, 0.5) is 5.82 Å². The molecule has 0 aromatic carbocycles. The topological polar surface area (TPSA) is 79.7 Å². The number of aromatic nitrogens is 2. The lowest BCUT2D eigenvalue weighted by molar-refractivity contribution is 0.518. The molecule has 5 heteroatoms. The van der Waals surface area contributed by atoms with Gasteiger partial charge in [-0.25, -0.2) is 0 Å². The average molecular weight is 235 g/mol. The van der Waals surface area contributed by atoms with Gasteiger partial charge in [-0.2, -0.15) is 10.4 Å². The highest BCUT2D eigenvalue weighted by Crippen LogP contribution is 2.19. The van der Waals surface area contributed by atoms with Crippen molar-refractivity contribution >= 4 is 5.82 Å². The van der Waals surface area contributed by atoms with Crippen LogP contribution in [-0.4, -0.2) is 22.4 Å². The molecule has 1 aromatic heterocycles. The summed E-state index contributed by atoms with van der Waals surface area (Å²) >= 11 is 0. The Bertz CT molecular complexity index is 413. The molecule has 0 amide bonds. The molecule has 94 valence electrons. The number of hydrogen-bond acceptors (Lipinski definition) is 4. The highest BCUT2D eigenvalue weighted by Gasteiger charge is 2.16. The lowest BCUT2D eigenvalue weighted by Crippen LogP contribution is -2.31. The van der Waals surface area contributed by atoms with Crippen LogP contribution in [0.2, 0.25) is 0 Å². The van der Waals surface area contributed by atoms with Crippen LogP contribution in [0.25, 0.3) is 0 Å². The number of aryl methyl sites for hydroxylation is 2. The second kappa shape index (κ2) is 5.69. The maximum absolute atomic E-state index is 9.11. The Kier molecular flexibility index (Phi) is 4.53. The van der Waals surface area contributed by atoms with Crippen molar-refractivity contribution in [1.29, 1.82) is 5.26 Å². The molecule has 0 aliphatic carbocycles. The van der Waals surface area contributed by atoms with E-state index >= 15 is 0 Å². The van der Waals surface area contributed by atoms with Crippen LogP contribution in [0.5, 0.6) is 0 Å². The standard InChI is InChI=1S/C12H21N5/c1-8(2)5-10(6-13)15-12-11(7-14)9(3)16-17(12)4/h8,10,15H,5-6,13H2,1-4H3. The van der Waals surface area contributed by atoms with Crippen LogP contribution >= 0.6 is 0 Å². The zero-order chi connectivity index (χ0) is 13.0. The molecule has 0 saturated carbocycles. The van der Waals surface area contributed by atoms with E-state index in [1.54, 1.807) is 4.68 Å². The van der Waals surface area contributed by atoms with Gasteiger partial charge in [0.15, 0.2) is 0 Å². The van der Waals surface area contributed by atoms with Crippen LogP contribution in [0.15, 0.2) is 0 Å². The molecule has 1 rings (SSSR count). The van der Waals surface area contributed by atoms with E-state index in [1.807, 2.05) is 14.0 Å². The summed E-state index contributed by atoms with van der Waals surface area (Å²) in [5.74, 6) is 1.33. The molecule has 0 fully saturated rings. The lowest BCUT2D eigenvalue weighted by atomic mass is 10.0. The third kappa shape index (κ3) is 3.21. The van der Waals surface area contributed by atoms with Crippen LogP contribution in [0.3, 0.4) is 0 Å². The number of anilines is 1. The number of nitriles is 1. The maximum Gasteiger partial charge on any atom is 0.142 e. The van der Waals surface area contributed by atoms with Crippen molar-refractivity contribution in [2.24, 2.45) is 18.7 Å². The van der Waals surface area contributed by atoms with Gasteiger partial charge in [-0.3, -0.25) is 4.68 Å². The van der Waals surface area contributed by atoms with Gasteiger partial charge >= 0.3 is 0 Å². The Hall–Kier alpha value is -1.54. The maximum atomic E-state index is 9.11. The monoisotopic (exact) mass is 235 g/mol. The lowest BCUT2D eigenvalue weighted by Gasteiger charge is -2.20. The fourth-order valence-electron chi connectivity index (χ4n) is 1.93. The summed E-state index contributed by atoms with van der Waals surface area (Å²) in [5.41, 5.74) is 7.10. The minimum atomic E-state index is 0.178. The molecule has 3 N–H and O–H groups in total. The van der Waals surface area contributed by atoms with Gasteiger partial charge in [-0.1, -0.05) is 13.8 Å². The fourth-order valence-corrected chi connectivity index (χ4v) is 1.93. The summed E-state index contributed by atoms with van der Waals surface area (Å²) in [6.07, 6.45) is 0.978. The third-order valence-corrected chi connectivity index (χ3v) is 2.72. The quantitative estimate of drug-likeness (QED) is 0.808. The molecule has 0 spiro atoms. The summed E-state index contributed by atoms with van der Waals surface area (Å²) in [6, 6.07) is 2.36. The van der Waals surface area contributed by atoms with Crippen molar-refractivity contribution < 1.29 is 0 Å². The van der Waals surface area contributed by atoms with E-state index < -0.39 is 0 Å². The summed E-state index contributed by atoms with van der Waals surface area (Å²) in [6.45, 7) is 6.70. The highest BCUT2D eigenvalue weighted by molar-refractivity contribution is 5.55. The molecule has 17 heavy (non-hydrogen) atoms. The van der Waals surface area contributed by atoms with Crippen LogP contribution < -0.4 is 11.1 Å². The summed E-state index contributed by atoms with van der Waals surface area (Å²) in [7, 11) is 1.83. The first-order valence-corrected chi connectivity index (χ1v) is 5.89. The number of nitrogens with two attached hydrogens (primary N) is 1. The molecule has 1 heterocycles. The van der Waals surface area contributed by atoms with Crippen molar-refractivity contribution in [2.45, 2.75) is 33.2 Å². The van der Waals surface area contributed by atoms with Crippen molar-refractivity contribution in [1.82, 2.24) is 9.78 Å². The number of nitrogens with zero attached hydrogens (tertiary/aromatic N) is 3. The van der Waals surface area contributed by atoms with E-state index in [2.05, 4.69) is 30.3 Å². The zero-order valence-electron chi connectivity index (χ0n) is 11.0. The Morgan fingerprint density at radius 3 is 2.65 bits per heavy atom. The van der Waals surface area contributed by atoms with Gasteiger partial charge in [0.25, 0.3) is 0 Å². The first-order valence-electron chi connectivity index (χ1n) is 5.89. The van der Waals surface area contributed by atoms with E-state index in [9.17, 15) is 0 Å². The van der Waals surface area contributed by atoms with Gasteiger partial charge in [0, 0.05) is 19.6 Å². The Morgan fingerprint density at radius 2 is 2.18 bits per heavy atom. The molecule has 0 bridgehead atoms. The van der Waals surface area contributed by atoms with Crippen LogP contribution in [-0.2, 0) is 7.05 Å². The van der Waals surface area contributed by atoms with E-state index in [-0.39, 0.29) is 6.04 Å².